The maximum Gasteiger partial charge on any atom is 0.241 e. The standard InChI is InChI=1S/C16H22FN3O2/c1-18-5-7-20-8-6-19(11-14(20)16(18)21)10-12-3-4-15(22-2)13(17)9-12/h3-4,9,14H,5-8,10-11H2,1-2H3/t14-/m0/s1. The first-order valence-electron chi connectivity index (χ1n) is 7.62. The van der Waals surface area contributed by atoms with E-state index in [1.54, 1.807) is 11.0 Å². The quantitative estimate of drug-likeness (QED) is 0.827. The van der Waals surface area contributed by atoms with Crippen molar-refractivity contribution in [3.05, 3.63) is 29.6 Å². The zero-order chi connectivity index (χ0) is 15.7. The van der Waals surface area contributed by atoms with E-state index in [4.69, 9.17) is 4.74 Å². The predicted molar refractivity (Wildman–Crippen MR) is 81.2 cm³/mol. The van der Waals surface area contributed by atoms with Gasteiger partial charge in [0.1, 0.15) is 6.04 Å². The Kier molecular flexibility index (Phi) is 4.31. The van der Waals surface area contributed by atoms with Crippen molar-refractivity contribution in [1.29, 1.82) is 0 Å². The van der Waals surface area contributed by atoms with Crippen LogP contribution in [-0.4, -0.2) is 73.5 Å². The molecule has 2 aliphatic rings. The third kappa shape index (κ3) is 2.94. The summed E-state index contributed by atoms with van der Waals surface area (Å²) in [4.78, 5) is 18.6. The van der Waals surface area contributed by atoms with Crippen molar-refractivity contribution in [3.63, 3.8) is 0 Å². The van der Waals surface area contributed by atoms with Crippen molar-refractivity contribution < 1.29 is 13.9 Å². The van der Waals surface area contributed by atoms with E-state index in [1.165, 1.54) is 13.2 Å². The molecule has 0 saturated carbocycles. The van der Waals surface area contributed by atoms with Crippen LogP contribution in [0.5, 0.6) is 5.75 Å². The van der Waals surface area contributed by atoms with Crippen molar-refractivity contribution in [3.8, 4) is 5.75 Å². The lowest BCUT2D eigenvalue weighted by molar-refractivity contribution is -0.143. The first-order valence-corrected chi connectivity index (χ1v) is 7.62. The van der Waals surface area contributed by atoms with E-state index in [9.17, 15) is 9.18 Å². The number of benzene rings is 1. The van der Waals surface area contributed by atoms with E-state index in [0.717, 1.165) is 31.7 Å². The SMILES string of the molecule is COc1ccc(CN2CCN3CCN(C)C(=O)[C@@H]3C2)cc1F. The van der Waals surface area contributed by atoms with Crippen molar-refractivity contribution in [2.24, 2.45) is 0 Å². The van der Waals surface area contributed by atoms with Crippen LogP contribution in [0.4, 0.5) is 4.39 Å². The van der Waals surface area contributed by atoms with Gasteiger partial charge in [0, 0.05) is 46.3 Å². The number of likely N-dealkylation sites (N-methyl/N-ethyl adjacent to an activating group) is 1. The van der Waals surface area contributed by atoms with Crippen LogP contribution in [0.3, 0.4) is 0 Å². The zero-order valence-corrected chi connectivity index (χ0v) is 13.1. The summed E-state index contributed by atoms with van der Waals surface area (Å²) in [7, 11) is 3.32. The molecule has 0 aromatic heterocycles. The van der Waals surface area contributed by atoms with Gasteiger partial charge in [0.15, 0.2) is 11.6 Å². The third-order valence-corrected chi connectivity index (χ3v) is 4.58. The van der Waals surface area contributed by atoms with E-state index in [-0.39, 0.29) is 23.5 Å². The van der Waals surface area contributed by atoms with E-state index in [1.807, 2.05) is 13.1 Å². The number of hydrogen-bond acceptors (Lipinski definition) is 4. The van der Waals surface area contributed by atoms with Crippen LogP contribution in [0.1, 0.15) is 5.56 Å². The highest BCUT2D eigenvalue weighted by molar-refractivity contribution is 5.82. The molecule has 5 nitrogen and oxygen atoms in total. The molecule has 1 atom stereocenters. The molecule has 0 unspecified atom stereocenters. The fourth-order valence-electron chi connectivity index (χ4n) is 3.23. The minimum atomic E-state index is -0.341. The van der Waals surface area contributed by atoms with E-state index in [2.05, 4.69) is 9.80 Å². The highest BCUT2D eigenvalue weighted by Crippen LogP contribution is 2.21. The minimum Gasteiger partial charge on any atom is -0.494 e. The Morgan fingerprint density at radius 2 is 2.05 bits per heavy atom. The normalized spacial score (nSPS) is 23.5. The molecule has 2 fully saturated rings. The number of piperazine rings is 2. The Hall–Kier alpha value is -1.66. The molecular weight excluding hydrogens is 285 g/mol. The molecule has 0 radical (unpaired) electrons. The molecule has 0 aliphatic carbocycles. The van der Waals surface area contributed by atoms with E-state index >= 15 is 0 Å². The first kappa shape index (κ1) is 15.2. The van der Waals surface area contributed by atoms with Crippen LogP contribution in [0.15, 0.2) is 18.2 Å². The molecule has 6 heteroatoms. The van der Waals surface area contributed by atoms with Crippen molar-refractivity contribution in [2.45, 2.75) is 12.6 Å². The molecular formula is C16H22FN3O2. The lowest BCUT2D eigenvalue weighted by Gasteiger charge is -2.45. The maximum atomic E-state index is 13.8. The number of ether oxygens (including phenoxy) is 1. The fraction of sp³-hybridized carbons (Fsp3) is 0.562. The summed E-state index contributed by atoms with van der Waals surface area (Å²) in [6, 6.07) is 4.99. The average Bonchev–Trinajstić information content (AvgIpc) is 2.52. The number of carbonyl (C=O) groups is 1. The molecule has 0 N–H and O–H groups in total. The summed E-state index contributed by atoms with van der Waals surface area (Å²) < 4.78 is 18.7. The van der Waals surface area contributed by atoms with Gasteiger partial charge in [0.2, 0.25) is 5.91 Å². The van der Waals surface area contributed by atoms with Gasteiger partial charge in [-0.1, -0.05) is 6.07 Å². The van der Waals surface area contributed by atoms with Crippen LogP contribution in [0.2, 0.25) is 0 Å². The van der Waals surface area contributed by atoms with Gasteiger partial charge in [-0.15, -0.1) is 0 Å². The summed E-state index contributed by atoms with van der Waals surface area (Å²) in [5.74, 6) is 0.113. The van der Waals surface area contributed by atoms with Gasteiger partial charge in [-0.2, -0.15) is 0 Å². The van der Waals surface area contributed by atoms with Crippen LogP contribution >= 0.6 is 0 Å². The summed E-state index contributed by atoms with van der Waals surface area (Å²) in [6.45, 7) is 4.90. The van der Waals surface area contributed by atoms with Crippen LogP contribution in [0.25, 0.3) is 0 Å². The molecule has 1 amide bonds. The highest BCUT2D eigenvalue weighted by atomic mass is 19.1. The number of methoxy groups -OCH3 is 1. The lowest BCUT2D eigenvalue weighted by Crippen LogP contribution is -2.63. The number of carbonyl (C=O) groups excluding carboxylic acids is 1. The second-order valence-corrected chi connectivity index (χ2v) is 6.02. The highest BCUT2D eigenvalue weighted by Gasteiger charge is 2.37. The van der Waals surface area contributed by atoms with Gasteiger partial charge >= 0.3 is 0 Å². The van der Waals surface area contributed by atoms with Gasteiger partial charge < -0.3 is 9.64 Å². The smallest absolute Gasteiger partial charge is 0.241 e. The first-order chi connectivity index (χ1) is 10.6. The minimum absolute atomic E-state index is 0.0596. The van der Waals surface area contributed by atoms with Crippen molar-refractivity contribution >= 4 is 5.91 Å². The van der Waals surface area contributed by atoms with Crippen LogP contribution < -0.4 is 4.74 Å². The fourth-order valence-corrected chi connectivity index (χ4v) is 3.23. The van der Waals surface area contributed by atoms with Gasteiger partial charge in [0.25, 0.3) is 0 Å². The van der Waals surface area contributed by atoms with Crippen LogP contribution in [0, 0.1) is 5.82 Å². The van der Waals surface area contributed by atoms with E-state index < -0.39 is 0 Å². The molecule has 2 heterocycles. The topological polar surface area (TPSA) is 36.0 Å². The molecule has 3 rings (SSSR count). The average molecular weight is 307 g/mol. The summed E-state index contributed by atoms with van der Waals surface area (Å²) in [5.41, 5.74) is 0.906. The Bertz CT molecular complexity index is 566. The molecule has 2 aliphatic heterocycles. The molecule has 1 aromatic carbocycles. The largest absolute Gasteiger partial charge is 0.494 e. The van der Waals surface area contributed by atoms with Gasteiger partial charge in [-0.3, -0.25) is 14.6 Å². The summed E-state index contributed by atoms with van der Waals surface area (Å²) in [5, 5.41) is 0. The van der Waals surface area contributed by atoms with Crippen LogP contribution in [-0.2, 0) is 11.3 Å². The Labute approximate surface area is 130 Å². The number of fused-ring (bicyclic) bond motifs is 1. The van der Waals surface area contributed by atoms with Gasteiger partial charge in [-0.05, 0) is 17.7 Å². The van der Waals surface area contributed by atoms with Crippen molar-refractivity contribution in [1.82, 2.24) is 14.7 Å². The van der Waals surface area contributed by atoms with Gasteiger partial charge in [-0.25, -0.2) is 4.39 Å². The predicted octanol–water partition coefficient (Wildman–Crippen LogP) is 0.793. The monoisotopic (exact) mass is 307 g/mol. The number of hydrogen-bond donors (Lipinski definition) is 0. The number of amides is 1. The molecule has 2 saturated heterocycles. The molecule has 0 bridgehead atoms. The number of nitrogens with zero attached hydrogens (tertiary/aromatic N) is 3. The zero-order valence-electron chi connectivity index (χ0n) is 13.1. The molecule has 0 spiro atoms. The van der Waals surface area contributed by atoms with Gasteiger partial charge in [0.05, 0.1) is 7.11 Å². The third-order valence-electron chi connectivity index (χ3n) is 4.58. The number of halogens is 1. The molecule has 120 valence electrons. The molecule has 1 aromatic rings. The summed E-state index contributed by atoms with van der Waals surface area (Å²) >= 11 is 0. The maximum absolute atomic E-state index is 13.8. The van der Waals surface area contributed by atoms with Crippen molar-refractivity contribution in [2.75, 3.05) is 46.9 Å². The van der Waals surface area contributed by atoms with E-state index in [0.29, 0.717) is 13.1 Å². The number of rotatable bonds is 3. The summed E-state index contributed by atoms with van der Waals surface area (Å²) in [6.07, 6.45) is 0. The lowest BCUT2D eigenvalue weighted by atomic mass is 10.1. The second-order valence-electron chi connectivity index (χ2n) is 6.02. The molecule has 22 heavy (non-hydrogen) atoms. The Morgan fingerprint density at radius 1 is 1.27 bits per heavy atom. The Morgan fingerprint density at radius 3 is 2.77 bits per heavy atom. The Balaban J connectivity index is 1.66. The second kappa shape index (κ2) is 6.22.